The SMILES string of the molecule is CSCCC1OC(O)C(CCSC)OC1=O. The molecule has 0 aromatic rings. The average Bonchev–Trinajstić information content (AvgIpc) is 2.28. The van der Waals surface area contributed by atoms with E-state index in [2.05, 4.69) is 0 Å². The Bertz CT molecular complexity index is 225. The van der Waals surface area contributed by atoms with Crippen LogP contribution >= 0.6 is 23.5 Å². The molecule has 3 unspecified atom stereocenters. The minimum Gasteiger partial charge on any atom is -0.455 e. The Kier molecular flexibility index (Phi) is 6.57. The highest BCUT2D eigenvalue weighted by atomic mass is 32.2. The Morgan fingerprint density at radius 3 is 2.50 bits per heavy atom. The van der Waals surface area contributed by atoms with Gasteiger partial charge in [-0.3, -0.25) is 0 Å². The summed E-state index contributed by atoms with van der Waals surface area (Å²) in [5, 5.41) is 9.67. The molecule has 94 valence electrons. The van der Waals surface area contributed by atoms with Gasteiger partial charge in [-0.15, -0.1) is 0 Å². The van der Waals surface area contributed by atoms with Gasteiger partial charge in [0.05, 0.1) is 0 Å². The fraction of sp³-hybridized carbons (Fsp3) is 0.900. The average molecular weight is 266 g/mol. The van der Waals surface area contributed by atoms with Gasteiger partial charge in [0.15, 0.2) is 18.5 Å². The fourth-order valence-corrected chi connectivity index (χ4v) is 2.36. The topological polar surface area (TPSA) is 55.8 Å². The van der Waals surface area contributed by atoms with Crippen LogP contribution in [0.5, 0.6) is 0 Å². The molecule has 0 spiro atoms. The Balaban J connectivity index is 2.40. The standard InChI is InChI=1S/C10H18O4S2/c1-15-5-3-7-9(11)14-8(4-6-16-2)10(12)13-7/h7-9,11H,3-6H2,1-2H3. The normalized spacial score (nSPS) is 30.2. The number of ether oxygens (including phenoxy) is 2. The predicted octanol–water partition coefficient (Wildman–Crippen LogP) is 1.12. The third kappa shape index (κ3) is 4.16. The third-order valence-corrected chi connectivity index (χ3v) is 3.63. The van der Waals surface area contributed by atoms with Crippen LogP contribution < -0.4 is 0 Å². The molecule has 3 atom stereocenters. The van der Waals surface area contributed by atoms with Crippen LogP contribution in [0.2, 0.25) is 0 Å². The summed E-state index contributed by atoms with van der Waals surface area (Å²) in [5.41, 5.74) is 0. The van der Waals surface area contributed by atoms with Crippen LogP contribution in [0.25, 0.3) is 0 Å². The van der Waals surface area contributed by atoms with Crippen LogP contribution in [0.15, 0.2) is 0 Å². The van der Waals surface area contributed by atoms with Crippen molar-refractivity contribution in [1.29, 1.82) is 0 Å². The monoisotopic (exact) mass is 266 g/mol. The van der Waals surface area contributed by atoms with Crippen LogP contribution in [0, 0.1) is 0 Å². The Labute approximate surface area is 104 Å². The third-order valence-electron chi connectivity index (χ3n) is 2.34. The highest BCUT2D eigenvalue weighted by Gasteiger charge is 2.36. The van der Waals surface area contributed by atoms with E-state index in [1.807, 2.05) is 12.5 Å². The van der Waals surface area contributed by atoms with Gasteiger partial charge in [0.25, 0.3) is 0 Å². The van der Waals surface area contributed by atoms with Gasteiger partial charge in [-0.1, -0.05) is 0 Å². The first-order valence-corrected chi connectivity index (χ1v) is 7.99. The molecule has 0 saturated carbocycles. The van der Waals surface area contributed by atoms with Crippen molar-refractivity contribution in [2.75, 3.05) is 24.0 Å². The summed E-state index contributed by atoms with van der Waals surface area (Å²) in [4.78, 5) is 11.5. The van der Waals surface area contributed by atoms with E-state index in [9.17, 15) is 9.90 Å². The molecule has 1 heterocycles. The van der Waals surface area contributed by atoms with E-state index >= 15 is 0 Å². The first-order chi connectivity index (χ1) is 7.69. The number of thioether (sulfide) groups is 2. The van der Waals surface area contributed by atoms with Crippen LogP contribution in [0.1, 0.15) is 12.8 Å². The molecular formula is C10H18O4S2. The first-order valence-electron chi connectivity index (χ1n) is 5.21. The number of cyclic esters (lactones) is 1. The molecule has 4 nitrogen and oxygen atoms in total. The lowest BCUT2D eigenvalue weighted by atomic mass is 10.2. The van der Waals surface area contributed by atoms with E-state index in [-0.39, 0.29) is 5.97 Å². The summed E-state index contributed by atoms with van der Waals surface area (Å²) in [6.45, 7) is 0. The van der Waals surface area contributed by atoms with Crippen molar-refractivity contribution >= 4 is 29.5 Å². The number of hydrogen-bond donors (Lipinski definition) is 1. The highest BCUT2D eigenvalue weighted by Crippen LogP contribution is 2.21. The van der Waals surface area contributed by atoms with Crippen molar-refractivity contribution < 1.29 is 19.4 Å². The summed E-state index contributed by atoms with van der Waals surface area (Å²) in [7, 11) is 0. The second-order valence-corrected chi connectivity index (χ2v) is 5.52. The minimum absolute atomic E-state index is 0.342. The highest BCUT2D eigenvalue weighted by molar-refractivity contribution is 7.98. The van der Waals surface area contributed by atoms with Crippen LogP contribution in [-0.4, -0.2) is 53.6 Å². The molecule has 1 saturated heterocycles. The van der Waals surface area contributed by atoms with E-state index in [0.29, 0.717) is 12.8 Å². The van der Waals surface area contributed by atoms with E-state index in [1.165, 1.54) is 0 Å². The molecule has 1 N–H and O–H groups in total. The number of esters is 1. The summed E-state index contributed by atoms with van der Waals surface area (Å²) in [6, 6.07) is 0. The lowest BCUT2D eigenvalue weighted by Gasteiger charge is -2.32. The van der Waals surface area contributed by atoms with E-state index in [1.54, 1.807) is 23.5 Å². The molecule has 16 heavy (non-hydrogen) atoms. The second-order valence-electron chi connectivity index (χ2n) is 3.55. The molecule has 6 heteroatoms. The number of carbonyl (C=O) groups is 1. The van der Waals surface area contributed by atoms with Gasteiger partial charge < -0.3 is 14.6 Å². The van der Waals surface area contributed by atoms with E-state index in [0.717, 1.165) is 11.5 Å². The zero-order chi connectivity index (χ0) is 12.0. The molecule has 1 fully saturated rings. The maximum absolute atomic E-state index is 11.5. The van der Waals surface area contributed by atoms with Crippen molar-refractivity contribution in [3.05, 3.63) is 0 Å². The van der Waals surface area contributed by atoms with Gasteiger partial charge in [0, 0.05) is 0 Å². The van der Waals surface area contributed by atoms with Crippen LogP contribution in [0.4, 0.5) is 0 Å². The summed E-state index contributed by atoms with van der Waals surface area (Å²) in [6.07, 6.45) is 3.07. The van der Waals surface area contributed by atoms with Crippen molar-refractivity contribution in [2.24, 2.45) is 0 Å². The lowest BCUT2D eigenvalue weighted by Crippen LogP contribution is -2.47. The van der Waals surface area contributed by atoms with Crippen molar-refractivity contribution in [1.82, 2.24) is 0 Å². The fourth-order valence-electron chi connectivity index (χ4n) is 1.44. The van der Waals surface area contributed by atoms with Crippen LogP contribution in [-0.2, 0) is 14.3 Å². The van der Waals surface area contributed by atoms with E-state index in [4.69, 9.17) is 9.47 Å². The first kappa shape index (κ1) is 14.2. The molecule has 1 aliphatic heterocycles. The quantitative estimate of drug-likeness (QED) is 0.727. The molecule has 0 radical (unpaired) electrons. The number of aliphatic hydroxyl groups is 1. The zero-order valence-corrected chi connectivity index (χ0v) is 11.2. The van der Waals surface area contributed by atoms with Gasteiger partial charge in [-0.2, -0.15) is 23.5 Å². The lowest BCUT2D eigenvalue weighted by molar-refractivity contribution is -0.246. The predicted molar refractivity (Wildman–Crippen MR) is 66.8 cm³/mol. The van der Waals surface area contributed by atoms with Crippen molar-refractivity contribution in [3.63, 3.8) is 0 Å². The smallest absolute Gasteiger partial charge is 0.335 e. The maximum Gasteiger partial charge on any atom is 0.335 e. The number of rotatable bonds is 6. The molecular weight excluding hydrogens is 248 g/mol. The van der Waals surface area contributed by atoms with Gasteiger partial charge >= 0.3 is 5.97 Å². The molecule has 0 bridgehead atoms. The number of aliphatic hydroxyl groups excluding tert-OH is 1. The summed E-state index contributed by atoms with van der Waals surface area (Å²) < 4.78 is 10.4. The van der Waals surface area contributed by atoms with Crippen molar-refractivity contribution in [3.8, 4) is 0 Å². The molecule has 1 aliphatic rings. The summed E-state index contributed by atoms with van der Waals surface area (Å²) >= 11 is 3.29. The number of hydrogen-bond acceptors (Lipinski definition) is 6. The molecule has 0 aromatic heterocycles. The number of carbonyl (C=O) groups excluding carboxylic acids is 1. The molecule has 1 rings (SSSR count). The van der Waals surface area contributed by atoms with Gasteiger partial charge in [-0.05, 0) is 36.9 Å². The maximum atomic E-state index is 11.5. The van der Waals surface area contributed by atoms with Gasteiger partial charge in [0.1, 0.15) is 0 Å². The molecule has 0 aliphatic carbocycles. The molecule has 0 aromatic carbocycles. The van der Waals surface area contributed by atoms with Crippen molar-refractivity contribution in [2.45, 2.75) is 31.3 Å². The van der Waals surface area contributed by atoms with Gasteiger partial charge in [0.2, 0.25) is 0 Å². The zero-order valence-electron chi connectivity index (χ0n) is 9.55. The van der Waals surface area contributed by atoms with E-state index < -0.39 is 18.5 Å². The Hall–Kier alpha value is 0.0900. The van der Waals surface area contributed by atoms with Crippen LogP contribution in [0.3, 0.4) is 0 Å². The Morgan fingerprint density at radius 2 is 1.88 bits per heavy atom. The summed E-state index contributed by atoms with van der Waals surface area (Å²) in [5.74, 6) is 1.32. The Morgan fingerprint density at radius 1 is 1.25 bits per heavy atom. The van der Waals surface area contributed by atoms with Gasteiger partial charge in [-0.25, -0.2) is 4.79 Å². The molecule has 0 amide bonds. The second kappa shape index (κ2) is 7.42. The largest absolute Gasteiger partial charge is 0.455 e. The minimum atomic E-state index is -0.975.